The molecule has 0 saturated carbocycles. The van der Waals surface area contributed by atoms with Gasteiger partial charge in [0, 0.05) is 22.7 Å². The molecule has 0 aliphatic heterocycles. The first-order chi connectivity index (χ1) is 18.2. The number of nitrogens with zero attached hydrogens (tertiary/aromatic N) is 5. The van der Waals surface area contributed by atoms with Crippen molar-refractivity contribution in [1.82, 2.24) is 15.2 Å². The van der Waals surface area contributed by atoms with Gasteiger partial charge >= 0.3 is 0 Å². The summed E-state index contributed by atoms with van der Waals surface area (Å²) in [5.74, 6) is 1.16. The monoisotopic (exact) mass is 542 g/mol. The van der Waals surface area contributed by atoms with Gasteiger partial charge in [0.25, 0.3) is 5.69 Å². The maximum atomic E-state index is 11.9. The molecule has 8 nitrogen and oxygen atoms in total. The molecule has 0 amide bonds. The van der Waals surface area contributed by atoms with Crippen LogP contribution in [-0.2, 0) is 12.8 Å². The van der Waals surface area contributed by atoms with E-state index in [4.69, 9.17) is 0 Å². The number of nitro groups is 1. The number of nitro benzene ring substituents is 1. The highest BCUT2D eigenvalue weighted by molar-refractivity contribution is 7.99. The summed E-state index contributed by atoms with van der Waals surface area (Å²) >= 11 is 2.69. The number of rotatable bonds is 6. The average molecular weight is 543 g/mol. The van der Waals surface area contributed by atoms with Crippen molar-refractivity contribution >= 4 is 40.0 Å². The van der Waals surface area contributed by atoms with E-state index >= 15 is 0 Å². The Bertz CT molecular complexity index is 1560. The van der Waals surface area contributed by atoms with Crippen LogP contribution in [0.5, 0.6) is 0 Å². The highest BCUT2D eigenvalue weighted by Gasteiger charge is 2.32. The number of hydrogen-bond donors (Lipinski definition) is 1. The number of aromatic nitrogens is 3. The van der Waals surface area contributed by atoms with Gasteiger partial charge in [-0.15, -0.1) is 16.4 Å². The molecule has 1 aliphatic carbocycles. The molecule has 38 heavy (non-hydrogen) atoms. The first-order valence-corrected chi connectivity index (χ1v) is 13.9. The average Bonchev–Trinajstić information content (AvgIpc) is 3.51. The van der Waals surface area contributed by atoms with Gasteiger partial charge in [0.05, 0.1) is 15.4 Å². The van der Waals surface area contributed by atoms with E-state index in [2.05, 4.69) is 47.0 Å². The summed E-state index contributed by atoms with van der Waals surface area (Å²) < 4.78 is 0. The summed E-state index contributed by atoms with van der Waals surface area (Å²) in [4.78, 5) is 22.2. The fraction of sp³-hybridized carbons (Fsp3) is 0.286. The summed E-state index contributed by atoms with van der Waals surface area (Å²) in [6, 6.07) is 16.8. The molecule has 10 heteroatoms. The Balaban J connectivity index is 1.38. The van der Waals surface area contributed by atoms with Crippen molar-refractivity contribution in [3.8, 4) is 17.5 Å². The number of hydrogen-bond acceptors (Lipinski definition) is 8. The third-order valence-electron chi connectivity index (χ3n) is 6.81. The molecule has 0 saturated heterocycles. The Morgan fingerprint density at radius 1 is 1.26 bits per heavy atom. The lowest BCUT2D eigenvalue weighted by Gasteiger charge is -2.33. The molecule has 0 fully saturated rings. The first kappa shape index (κ1) is 25.8. The van der Waals surface area contributed by atoms with Crippen molar-refractivity contribution in [3.05, 3.63) is 80.2 Å². The van der Waals surface area contributed by atoms with Crippen molar-refractivity contribution in [2.45, 2.75) is 50.1 Å². The Morgan fingerprint density at radius 2 is 2.05 bits per heavy atom. The molecule has 1 N–H and O–H groups in total. The second-order valence-corrected chi connectivity index (χ2v) is 12.4. The van der Waals surface area contributed by atoms with Crippen molar-refractivity contribution in [2.75, 3.05) is 0 Å². The van der Waals surface area contributed by atoms with Gasteiger partial charge < -0.3 is 0 Å². The minimum absolute atomic E-state index is 0.0518. The van der Waals surface area contributed by atoms with E-state index in [0.717, 1.165) is 42.2 Å². The van der Waals surface area contributed by atoms with Crippen LogP contribution < -0.4 is 0 Å². The summed E-state index contributed by atoms with van der Waals surface area (Å²) in [5.41, 5.74) is 3.38. The van der Waals surface area contributed by atoms with Gasteiger partial charge in [-0.25, -0.2) is 9.98 Å². The molecule has 0 spiro atoms. The van der Waals surface area contributed by atoms with Crippen molar-refractivity contribution in [1.29, 1.82) is 5.26 Å². The van der Waals surface area contributed by atoms with Gasteiger partial charge in [-0.2, -0.15) is 5.26 Å². The van der Waals surface area contributed by atoms with Crippen molar-refractivity contribution in [2.24, 2.45) is 16.3 Å². The summed E-state index contributed by atoms with van der Waals surface area (Å²) in [6.07, 6.45) is 4.50. The van der Waals surface area contributed by atoms with E-state index in [1.165, 1.54) is 10.9 Å². The van der Waals surface area contributed by atoms with E-state index in [9.17, 15) is 15.4 Å². The second-order valence-electron chi connectivity index (χ2n) is 10.3. The van der Waals surface area contributed by atoms with E-state index in [1.54, 1.807) is 29.7 Å². The fourth-order valence-electron chi connectivity index (χ4n) is 4.61. The molecule has 5 rings (SSSR count). The largest absolute Gasteiger partial charge is 0.283 e. The van der Waals surface area contributed by atoms with Gasteiger partial charge in [0.15, 0.2) is 5.82 Å². The van der Waals surface area contributed by atoms with Crippen LogP contribution in [0.3, 0.4) is 0 Å². The summed E-state index contributed by atoms with van der Waals surface area (Å²) in [6.45, 7) is 6.79. The Labute approximate surface area is 229 Å². The first-order valence-electron chi connectivity index (χ1n) is 12.3. The van der Waals surface area contributed by atoms with Gasteiger partial charge in [0.1, 0.15) is 11.1 Å². The van der Waals surface area contributed by atoms with Gasteiger partial charge in [-0.05, 0) is 59.6 Å². The third-order valence-corrected chi connectivity index (χ3v) is 8.90. The van der Waals surface area contributed by atoms with Crippen LogP contribution in [0.25, 0.3) is 11.4 Å². The zero-order chi connectivity index (χ0) is 26.9. The number of fused-ring (bicyclic) bond motifs is 1. The molecule has 2 heterocycles. The molecule has 1 aliphatic rings. The molecule has 0 bridgehead atoms. The lowest BCUT2D eigenvalue weighted by molar-refractivity contribution is -0.387. The lowest BCUT2D eigenvalue weighted by atomic mass is 9.72. The number of benzene rings is 2. The van der Waals surface area contributed by atoms with E-state index in [0.29, 0.717) is 37.9 Å². The van der Waals surface area contributed by atoms with Crippen LogP contribution in [0, 0.1) is 32.8 Å². The summed E-state index contributed by atoms with van der Waals surface area (Å²) in [7, 11) is 0. The van der Waals surface area contributed by atoms with Crippen LogP contribution in [-0.4, -0.2) is 26.3 Å². The maximum absolute atomic E-state index is 11.9. The SMILES string of the molecule is CC(C)(C)C1CCc2c(sc(/N=C\c3ccc(Sc4n[nH]c(-c5ccccc5)n4)c([N+](=O)[O-])c3)c2C#N)C1. The molecule has 2 aromatic heterocycles. The van der Waals surface area contributed by atoms with E-state index in [-0.39, 0.29) is 11.1 Å². The summed E-state index contributed by atoms with van der Waals surface area (Å²) in [5, 5.41) is 29.9. The van der Waals surface area contributed by atoms with Crippen molar-refractivity contribution in [3.63, 3.8) is 0 Å². The number of aromatic amines is 1. The van der Waals surface area contributed by atoms with Gasteiger partial charge in [0.2, 0.25) is 5.16 Å². The normalized spacial score (nSPS) is 15.4. The molecule has 192 valence electrons. The lowest BCUT2D eigenvalue weighted by Crippen LogP contribution is -2.26. The van der Waals surface area contributed by atoms with Crippen LogP contribution >= 0.6 is 23.1 Å². The topological polar surface area (TPSA) is 121 Å². The molecule has 0 radical (unpaired) electrons. The minimum Gasteiger partial charge on any atom is -0.258 e. The predicted molar refractivity (Wildman–Crippen MR) is 150 cm³/mol. The molecule has 2 aromatic carbocycles. The number of thiophene rings is 1. The van der Waals surface area contributed by atoms with Gasteiger partial charge in [-0.3, -0.25) is 15.2 Å². The zero-order valence-electron chi connectivity index (χ0n) is 21.3. The van der Waals surface area contributed by atoms with Gasteiger partial charge in [-0.1, -0.05) is 57.2 Å². The molecular weight excluding hydrogens is 516 g/mol. The smallest absolute Gasteiger partial charge is 0.258 e. The van der Waals surface area contributed by atoms with Crippen LogP contribution in [0.4, 0.5) is 10.7 Å². The number of H-pyrrole nitrogens is 1. The van der Waals surface area contributed by atoms with E-state index in [1.807, 2.05) is 30.3 Å². The number of aliphatic imine (C=N–C) groups is 1. The maximum Gasteiger partial charge on any atom is 0.283 e. The van der Waals surface area contributed by atoms with Crippen LogP contribution in [0.1, 0.15) is 48.8 Å². The predicted octanol–water partition coefficient (Wildman–Crippen LogP) is 7.37. The Morgan fingerprint density at radius 3 is 2.76 bits per heavy atom. The molecule has 1 unspecified atom stereocenters. The minimum atomic E-state index is -0.415. The van der Waals surface area contributed by atoms with Crippen molar-refractivity contribution < 1.29 is 4.92 Å². The second kappa shape index (κ2) is 10.5. The van der Waals surface area contributed by atoms with Crippen LogP contribution in [0.2, 0.25) is 0 Å². The highest BCUT2D eigenvalue weighted by atomic mass is 32.2. The van der Waals surface area contributed by atoms with Crippen LogP contribution in [0.15, 0.2) is 63.6 Å². The van der Waals surface area contributed by atoms with E-state index < -0.39 is 4.92 Å². The molecular formula is C28H26N6O2S2. The highest BCUT2D eigenvalue weighted by Crippen LogP contribution is 2.45. The standard InChI is InChI=1S/C28H26N6O2S2/c1-28(2,3)19-10-11-20-21(15-29)26(37-24(20)14-19)30-16-17-9-12-23(22(13-17)34(35)36)38-27-31-25(32-33-27)18-7-5-4-6-8-18/h4-9,12-13,16,19H,10-11,14H2,1-3H3,(H,31,32,33)/b30-16-. The number of nitriles is 1. The third kappa shape index (κ3) is 5.39. The molecule has 4 aromatic rings. The Kier molecular flexibility index (Phi) is 7.15. The zero-order valence-corrected chi connectivity index (χ0v) is 22.9. The molecule has 1 atom stereocenters. The Hall–Kier alpha value is -3.81. The quantitative estimate of drug-likeness (QED) is 0.154. The number of nitrogens with one attached hydrogen (secondary N) is 1. The fourth-order valence-corrected chi connectivity index (χ4v) is 6.63.